The number of hydrogen-bond donors (Lipinski definition) is 3. The smallest absolute Gasteiger partial charge is 0.324 e. The first kappa shape index (κ1) is 11.5. The molecule has 1 saturated heterocycles. The van der Waals surface area contributed by atoms with Crippen LogP contribution in [0.1, 0.15) is 19.3 Å². The number of rotatable bonds is 4. The van der Waals surface area contributed by atoms with E-state index in [9.17, 15) is 4.79 Å². The quantitative estimate of drug-likeness (QED) is 0.517. The molecular weight excluding hydrogens is 179 g/mol. The first-order valence-corrected chi connectivity index (χ1v) is 5.34. The summed E-state index contributed by atoms with van der Waals surface area (Å²) in [5, 5.41) is 12.3. The standard InChI is InChI=1S/C9H19BN2O2/c10-4-1-2-7-6-12-5-3-9(7,11)8(13)14/h7,12H,1-6,10-11H2,(H,13,14)/t7-,9+/m1/s1. The summed E-state index contributed by atoms with van der Waals surface area (Å²) in [5.74, 6) is -0.770. The largest absolute Gasteiger partial charge is 0.480 e. The van der Waals surface area contributed by atoms with Crippen molar-refractivity contribution in [3.63, 3.8) is 0 Å². The van der Waals surface area contributed by atoms with E-state index in [1.165, 1.54) is 0 Å². The molecular formula is C9H19BN2O2. The van der Waals surface area contributed by atoms with E-state index in [1.54, 1.807) is 0 Å². The zero-order chi connectivity index (χ0) is 10.6. The third-order valence-corrected chi connectivity index (χ3v) is 3.14. The van der Waals surface area contributed by atoms with Crippen LogP contribution >= 0.6 is 0 Å². The van der Waals surface area contributed by atoms with Gasteiger partial charge in [-0.15, -0.1) is 0 Å². The second-order valence-electron chi connectivity index (χ2n) is 4.14. The number of nitrogens with two attached hydrogens (primary N) is 1. The third-order valence-electron chi connectivity index (χ3n) is 3.14. The molecule has 0 aromatic rings. The monoisotopic (exact) mass is 198 g/mol. The SMILES string of the molecule is BCCC[C@@H]1CNCC[C@@]1(N)C(=O)O. The van der Waals surface area contributed by atoms with Crippen molar-refractivity contribution in [3.8, 4) is 0 Å². The number of hydrogen-bond acceptors (Lipinski definition) is 3. The summed E-state index contributed by atoms with van der Waals surface area (Å²) < 4.78 is 0. The van der Waals surface area contributed by atoms with Gasteiger partial charge in [0, 0.05) is 12.5 Å². The summed E-state index contributed by atoms with van der Waals surface area (Å²) in [6, 6.07) is 0. The second kappa shape index (κ2) is 4.80. The molecule has 2 atom stereocenters. The van der Waals surface area contributed by atoms with Gasteiger partial charge in [0.15, 0.2) is 0 Å². The van der Waals surface area contributed by atoms with E-state index >= 15 is 0 Å². The minimum absolute atomic E-state index is 0.0775. The molecule has 1 rings (SSSR count). The highest BCUT2D eigenvalue weighted by Gasteiger charge is 2.43. The van der Waals surface area contributed by atoms with Crippen LogP contribution < -0.4 is 11.1 Å². The Morgan fingerprint density at radius 2 is 2.43 bits per heavy atom. The van der Waals surface area contributed by atoms with Crippen molar-refractivity contribution in [1.82, 2.24) is 5.32 Å². The molecule has 1 fully saturated rings. The molecule has 0 aromatic carbocycles. The van der Waals surface area contributed by atoms with Gasteiger partial charge in [-0.1, -0.05) is 12.7 Å². The maximum atomic E-state index is 11.1. The molecule has 5 heteroatoms. The molecule has 1 aliphatic rings. The molecule has 0 aliphatic carbocycles. The molecule has 80 valence electrons. The first-order chi connectivity index (χ1) is 6.61. The van der Waals surface area contributed by atoms with Crippen molar-refractivity contribution in [1.29, 1.82) is 0 Å². The zero-order valence-electron chi connectivity index (χ0n) is 8.75. The highest BCUT2D eigenvalue weighted by Crippen LogP contribution is 2.26. The van der Waals surface area contributed by atoms with Crippen molar-refractivity contribution >= 4 is 13.8 Å². The summed E-state index contributed by atoms with van der Waals surface area (Å²) >= 11 is 0. The van der Waals surface area contributed by atoms with Gasteiger partial charge < -0.3 is 16.2 Å². The van der Waals surface area contributed by atoms with Crippen LogP contribution in [0.4, 0.5) is 0 Å². The Labute approximate surface area is 85.7 Å². The van der Waals surface area contributed by atoms with Crippen LogP contribution in [0.5, 0.6) is 0 Å². The third kappa shape index (κ3) is 2.28. The first-order valence-electron chi connectivity index (χ1n) is 5.34. The maximum absolute atomic E-state index is 11.1. The van der Waals surface area contributed by atoms with E-state index in [-0.39, 0.29) is 5.92 Å². The van der Waals surface area contributed by atoms with E-state index in [2.05, 4.69) is 13.2 Å². The van der Waals surface area contributed by atoms with Crippen molar-refractivity contribution in [2.45, 2.75) is 31.1 Å². The summed E-state index contributed by atoms with van der Waals surface area (Å²) in [6.07, 6.45) is 3.59. The Balaban J connectivity index is 2.63. The Morgan fingerprint density at radius 1 is 1.71 bits per heavy atom. The Morgan fingerprint density at radius 3 is 3.00 bits per heavy atom. The molecule has 0 bridgehead atoms. The fraction of sp³-hybridized carbons (Fsp3) is 0.889. The normalized spacial score (nSPS) is 32.8. The molecule has 0 amide bonds. The van der Waals surface area contributed by atoms with Crippen molar-refractivity contribution in [2.24, 2.45) is 11.7 Å². The fourth-order valence-corrected chi connectivity index (χ4v) is 2.05. The summed E-state index contributed by atoms with van der Waals surface area (Å²) in [6.45, 7) is 1.45. The second-order valence-corrected chi connectivity index (χ2v) is 4.14. The van der Waals surface area contributed by atoms with E-state index in [0.717, 1.165) is 25.7 Å². The predicted molar refractivity (Wildman–Crippen MR) is 58.1 cm³/mol. The molecule has 14 heavy (non-hydrogen) atoms. The van der Waals surface area contributed by atoms with Gasteiger partial charge in [0.25, 0.3) is 0 Å². The van der Waals surface area contributed by atoms with Crippen LogP contribution in [0.25, 0.3) is 0 Å². The molecule has 0 aromatic heterocycles. The van der Waals surface area contributed by atoms with Crippen LogP contribution in [0.3, 0.4) is 0 Å². The van der Waals surface area contributed by atoms with Crippen LogP contribution in [0, 0.1) is 5.92 Å². The Hall–Kier alpha value is -0.545. The van der Waals surface area contributed by atoms with Crippen molar-refractivity contribution < 1.29 is 9.90 Å². The van der Waals surface area contributed by atoms with Gasteiger partial charge in [-0.3, -0.25) is 4.79 Å². The lowest BCUT2D eigenvalue weighted by atomic mass is 9.76. The Bertz CT molecular complexity index is 213. The van der Waals surface area contributed by atoms with Crippen LogP contribution in [-0.2, 0) is 4.79 Å². The molecule has 0 unspecified atom stereocenters. The van der Waals surface area contributed by atoms with Crippen LogP contribution in [-0.4, -0.2) is 37.6 Å². The molecule has 0 spiro atoms. The molecule has 0 radical (unpaired) electrons. The summed E-state index contributed by atoms with van der Waals surface area (Å²) in [7, 11) is 2.11. The minimum atomic E-state index is -1.000. The van der Waals surface area contributed by atoms with Gasteiger partial charge in [-0.2, -0.15) is 0 Å². The average Bonchev–Trinajstić information content (AvgIpc) is 2.16. The predicted octanol–water partition coefficient (Wildman–Crippen LogP) is -0.790. The van der Waals surface area contributed by atoms with Crippen molar-refractivity contribution in [3.05, 3.63) is 0 Å². The molecule has 0 saturated carbocycles. The Kier molecular flexibility index (Phi) is 3.95. The lowest BCUT2D eigenvalue weighted by molar-refractivity contribution is -0.146. The topological polar surface area (TPSA) is 75.3 Å². The zero-order valence-corrected chi connectivity index (χ0v) is 8.75. The van der Waals surface area contributed by atoms with Gasteiger partial charge in [-0.25, -0.2) is 0 Å². The van der Waals surface area contributed by atoms with Gasteiger partial charge in [-0.05, 0) is 19.4 Å². The highest BCUT2D eigenvalue weighted by molar-refractivity contribution is 6.08. The lowest BCUT2D eigenvalue weighted by Crippen LogP contribution is -2.61. The van der Waals surface area contributed by atoms with E-state index in [1.807, 2.05) is 0 Å². The lowest BCUT2D eigenvalue weighted by Gasteiger charge is -2.38. The number of carboxylic acids is 1. The van der Waals surface area contributed by atoms with Crippen LogP contribution in [0.15, 0.2) is 0 Å². The minimum Gasteiger partial charge on any atom is -0.480 e. The van der Waals surface area contributed by atoms with Gasteiger partial charge >= 0.3 is 5.97 Å². The van der Waals surface area contributed by atoms with E-state index in [4.69, 9.17) is 10.8 Å². The molecule has 4 N–H and O–H groups in total. The van der Waals surface area contributed by atoms with E-state index in [0.29, 0.717) is 13.0 Å². The molecule has 4 nitrogen and oxygen atoms in total. The van der Waals surface area contributed by atoms with Gasteiger partial charge in [0.1, 0.15) is 13.4 Å². The number of carboxylic acid groups (broad SMARTS) is 1. The molecule has 1 heterocycles. The highest BCUT2D eigenvalue weighted by atomic mass is 16.4. The summed E-state index contributed by atoms with van der Waals surface area (Å²) in [4.78, 5) is 11.1. The summed E-state index contributed by atoms with van der Waals surface area (Å²) in [5.41, 5.74) is 4.95. The number of piperidine rings is 1. The molecule has 1 aliphatic heterocycles. The van der Waals surface area contributed by atoms with E-state index < -0.39 is 11.5 Å². The fourth-order valence-electron chi connectivity index (χ4n) is 2.05. The van der Waals surface area contributed by atoms with Crippen LogP contribution in [0.2, 0.25) is 6.32 Å². The number of nitrogens with one attached hydrogen (secondary N) is 1. The number of aliphatic carboxylic acids is 1. The van der Waals surface area contributed by atoms with Crippen molar-refractivity contribution in [2.75, 3.05) is 13.1 Å². The van der Waals surface area contributed by atoms with Gasteiger partial charge in [0.2, 0.25) is 0 Å². The number of carbonyl (C=O) groups is 1. The maximum Gasteiger partial charge on any atom is 0.324 e. The van der Waals surface area contributed by atoms with Gasteiger partial charge in [0.05, 0.1) is 0 Å². The average molecular weight is 198 g/mol.